The van der Waals surface area contributed by atoms with E-state index >= 15 is 0 Å². The molecule has 0 saturated carbocycles. The van der Waals surface area contributed by atoms with Crippen molar-refractivity contribution in [3.8, 4) is 0 Å². The number of hydrogen-bond donors (Lipinski definition) is 0. The summed E-state index contributed by atoms with van der Waals surface area (Å²) in [6, 6.07) is 12.7. The smallest absolute Gasteiger partial charge is 0.228 e. The molecule has 0 fully saturated rings. The van der Waals surface area contributed by atoms with E-state index in [1.54, 1.807) is 24.3 Å². The number of halogens is 2. The van der Waals surface area contributed by atoms with E-state index in [0.717, 1.165) is 22.1 Å². The van der Waals surface area contributed by atoms with Gasteiger partial charge in [-0.3, -0.25) is 4.79 Å². The van der Waals surface area contributed by atoms with Crippen molar-refractivity contribution >= 4 is 44.3 Å². The fourth-order valence-corrected chi connectivity index (χ4v) is 2.99. The highest BCUT2D eigenvalue weighted by Gasteiger charge is 2.21. The van der Waals surface area contributed by atoms with E-state index in [1.807, 2.05) is 25.1 Å². The Hall–Kier alpha value is -1.58. The molecule has 2 nitrogen and oxygen atoms in total. The zero-order chi connectivity index (χ0) is 15.0. The Kier molecular flexibility index (Phi) is 3.87. The molecule has 1 aromatic heterocycles. The Labute approximate surface area is 135 Å². The van der Waals surface area contributed by atoms with Crippen LogP contribution < -0.4 is 0 Å². The van der Waals surface area contributed by atoms with Gasteiger partial charge in [0.25, 0.3) is 0 Å². The number of aryl methyl sites for hydroxylation is 1. The monoisotopic (exact) mass is 362 g/mol. The topological polar surface area (TPSA) is 30.2 Å². The lowest BCUT2D eigenvalue weighted by atomic mass is 10.0. The van der Waals surface area contributed by atoms with E-state index in [9.17, 15) is 4.79 Å². The van der Waals surface area contributed by atoms with Gasteiger partial charge in [-0.25, -0.2) is 0 Å². The highest BCUT2D eigenvalue weighted by Crippen LogP contribution is 2.30. The molecule has 3 aromatic rings. The molecule has 2 aromatic carbocycles. The normalized spacial score (nSPS) is 11.0. The van der Waals surface area contributed by atoms with Gasteiger partial charge in [0.2, 0.25) is 5.78 Å². The summed E-state index contributed by atoms with van der Waals surface area (Å²) in [5, 5.41) is 2.15. The van der Waals surface area contributed by atoms with Crippen molar-refractivity contribution in [2.75, 3.05) is 0 Å². The summed E-state index contributed by atoms with van der Waals surface area (Å²) >= 11 is 9.31. The average molecular weight is 364 g/mol. The van der Waals surface area contributed by atoms with Crippen LogP contribution >= 0.6 is 27.5 Å². The predicted molar refractivity (Wildman–Crippen MR) is 88.5 cm³/mol. The van der Waals surface area contributed by atoms with Crippen molar-refractivity contribution in [3.05, 3.63) is 69.9 Å². The lowest BCUT2D eigenvalue weighted by Gasteiger charge is -2.00. The number of ketones is 1. The van der Waals surface area contributed by atoms with Gasteiger partial charge >= 0.3 is 0 Å². The summed E-state index contributed by atoms with van der Waals surface area (Å²) in [4.78, 5) is 12.6. The molecule has 0 radical (unpaired) electrons. The lowest BCUT2D eigenvalue weighted by molar-refractivity contribution is 0.101. The first-order valence-corrected chi connectivity index (χ1v) is 7.98. The van der Waals surface area contributed by atoms with E-state index in [-0.39, 0.29) is 5.78 Å². The van der Waals surface area contributed by atoms with Crippen LogP contribution in [0.4, 0.5) is 0 Å². The van der Waals surface area contributed by atoms with Crippen molar-refractivity contribution in [1.82, 2.24) is 0 Å². The van der Waals surface area contributed by atoms with Crippen LogP contribution in [0.3, 0.4) is 0 Å². The van der Waals surface area contributed by atoms with Crippen molar-refractivity contribution in [2.24, 2.45) is 0 Å². The maximum atomic E-state index is 12.6. The molecule has 0 spiro atoms. The summed E-state index contributed by atoms with van der Waals surface area (Å²) in [5.41, 5.74) is 3.31. The average Bonchev–Trinajstić information content (AvgIpc) is 2.85. The van der Waals surface area contributed by atoms with Crippen LogP contribution in [0, 0.1) is 6.92 Å². The summed E-state index contributed by atoms with van der Waals surface area (Å²) in [5.74, 6) is 0.254. The largest absolute Gasteiger partial charge is 0.452 e. The molecule has 0 aliphatic carbocycles. The summed E-state index contributed by atoms with van der Waals surface area (Å²) < 4.78 is 5.78. The minimum Gasteiger partial charge on any atom is -0.452 e. The minimum atomic E-state index is -0.130. The van der Waals surface area contributed by atoms with Gasteiger partial charge < -0.3 is 4.42 Å². The molecular formula is C17H12BrClO2. The Balaban J connectivity index is 2.15. The van der Waals surface area contributed by atoms with Crippen LogP contribution in [0.1, 0.15) is 27.2 Å². The Morgan fingerprint density at radius 2 is 1.90 bits per heavy atom. The first-order chi connectivity index (χ1) is 10.1. The third-order valence-electron chi connectivity index (χ3n) is 3.39. The molecule has 0 N–H and O–H groups in total. The molecule has 0 atom stereocenters. The molecule has 0 aliphatic heterocycles. The first kappa shape index (κ1) is 14.4. The third kappa shape index (κ3) is 2.63. The molecule has 3 rings (SSSR count). The molecule has 0 saturated heterocycles. The first-order valence-electron chi connectivity index (χ1n) is 6.48. The van der Waals surface area contributed by atoms with Crippen LogP contribution in [0.5, 0.6) is 0 Å². The molecule has 1 heterocycles. The molecular weight excluding hydrogens is 352 g/mol. The van der Waals surface area contributed by atoms with Crippen molar-refractivity contribution in [2.45, 2.75) is 12.3 Å². The van der Waals surface area contributed by atoms with Gasteiger partial charge in [0.05, 0.1) is 0 Å². The number of alkyl halides is 1. The minimum absolute atomic E-state index is 0.130. The zero-order valence-corrected chi connectivity index (χ0v) is 13.7. The van der Waals surface area contributed by atoms with E-state index in [4.69, 9.17) is 16.0 Å². The molecule has 0 bridgehead atoms. The summed E-state index contributed by atoms with van der Waals surface area (Å²) in [6.45, 7) is 2.02. The van der Waals surface area contributed by atoms with E-state index in [0.29, 0.717) is 21.7 Å². The second-order valence-electron chi connectivity index (χ2n) is 4.88. The van der Waals surface area contributed by atoms with E-state index in [2.05, 4.69) is 15.9 Å². The number of rotatable bonds is 3. The lowest BCUT2D eigenvalue weighted by Crippen LogP contribution is -2.02. The molecule has 0 amide bonds. The SMILES string of the molecule is Cc1ccc2oc(C(=O)c3ccc(Cl)cc3)c(CBr)c2c1. The predicted octanol–water partition coefficient (Wildman–Crippen LogP) is 5.52. The molecule has 21 heavy (non-hydrogen) atoms. The van der Waals surface area contributed by atoms with Gasteiger partial charge in [-0.15, -0.1) is 0 Å². The second-order valence-corrected chi connectivity index (χ2v) is 5.88. The number of hydrogen-bond acceptors (Lipinski definition) is 2. The summed E-state index contributed by atoms with van der Waals surface area (Å²) in [6.07, 6.45) is 0. The van der Waals surface area contributed by atoms with Gasteiger partial charge in [-0.05, 0) is 43.3 Å². The van der Waals surface area contributed by atoms with Crippen LogP contribution in [0.15, 0.2) is 46.9 Å². The van der Waals surface area contributed by atoms with E-state index < -0.39 is 0 Å². The van der Waals surface area contributed by atoms with Crippen LogP contribution in [-0.4, -0.2) is 5.78 Å². The van der Waals surface area contributed by atoms with Crippen LogP contribution in [0.2, 0.25) is 5.02 Å². The Bertz CT molecular complexity index is 819. The fourth-order valence-electron chi connectivity index (χ4n) is 2.31. The molecule has 4 heteroatoms. The highest BCUT2D eigenvalue weighted by molar-refractivity contribution is 9.08. The number of furan rings is 1. The second kappa shape index (κ2) is 5.66. The van der Waals surface area contributed by atoms with Crippen LogP contribution in [0.25, 0.3) is 11.0 Å². The number of carbonyl (C=O) groups is 1. The number of carbonyl (C=O) groups excluding carboxylic acids is 1. The van der Waals surface area contributed by atoms with Gasteiger partial charge in [0.15, 0.2) is 5.76 Å². The maximum Gasteiger partial charge on any atom is 0.228 e. The zero-order valence-electron chi connectivity index (χ0n) is 11.3. The summed E-state index contributed by atoms with van der Waals surface area (Å²) in [7, 11) is 0. The quantitative estimate of drug-likeness (QED) is 0.453. The standard InChI is InChI=1S/C17H12BrClO2/c1-10-2-7-15-13(8-10)14(9-18)17(21-15)16(20)11-3-5-12(19)6-4-11/h2-8H,9H2,1H3. The Morgan fingerprint density at radius 1 is 1.19 bits per heavy atom. The van der Waals surface area contributed by atoms with Gasteiger partial charge in [0, 0.05) is 26.9 Å². The maximum absolute atomic E-state index is 12.6. The number of benzene rings is 2. The van der Waals surface area contributed by atoms with Crippen molar-refractivity contribution in [1.29, 1.82) is 0 Å². The molecule has 0 aliphatic rings. The highest BCUT2D eigenvalue weighted by atomic mass is 79.9. The molecule has 106 valence electrons. The fraction of sp³-hybridized carbons (Fsp3) is 0.118. The van der Waals surface area contributed by atoms with Gasteiger partial charge in [-0.2, -0.15) is 0 Å². The Morgan fingerprint density at radius 3 is 2.57 bits per heavy atom. The third-order valence-corrected chi connectivity index (χ3v) is 4.21. The molecule has 0 unspecified atom stereocenters. The van der Waals surface area contributed by atoms with Crippen molar-refractivity contribution < 1.29 is 9.21 Å². The number of fused-ring (bicyclic) bond motifs is 1. The van der Waals surface area contributed by atoms with Crippen LogP contribution in [-0.2, 0) is 5.33 Å². The van der Waals surface area contributed by atoms with Gasteiger partial charge in [0.1, 0.15) is 5.58 Å². The van der Waals surface area contributed by atoms with Crippen molar-refractivity contribution in [3.63, 3.8) is 0 Å². The van der Waals surface area contributed by atoms with Gasteiger partial charge in [-0.1, -0.05) is 39.2 Å². The van der Waals surface area contributed by atoms with E-state index in [1.165, 1.54) is 0 Å².